The molecule has 2 atom stereocenters. The minimum Gasteiger partial charge on any atom is -0.392 e. The van der Waals surface area contributed by atoms with Crippen LogP contribution in [-0.2, 0) is 6.42 Å². The fraction of sp³-hybridized carbons (Fsp3) is 0.667. The lowest BCUT2D eigenvalue weighted by Gasteiger charge is -2.49. The smallest absolute Gasteiger partial charge is 0.0663 e. The van der Waals surface area contributed by atoms with Gasteiger partial charge in [0.1, 0.15) is 0 Å². The average molecular weight is 327 g/mol. The molecule has 2 rings (SSSR count). The van der Waals surface area contributed by atoms with Crippen molar-refractivity contribution in [1.82, 2.24) is 4.98 Å². The zero-order valence-electron chi connectivity index (χ0n) is 11.7. The largest absolute Gasteiger partial charge is 0.392 e. The molecule has 1 aromatic rings. The lowest BCUT2D eigenvalue weighted by atomic mass is 9.59. The van der Waals surface area contributed by atoms with Crippen molar-refractivity contribution in [1.29, 1.82) is 0 Å². The number of aliphatic hydroxyl groups excluding tert-OH is 1. The lowest BCUT2D eigenvalue weighted by Crippen LogP contribution is -2.53. The molecule has 0 aromatic carbocycles. The Morgan fingerprint density at radius 2 is 2.16 bits per heavy atom. The van der Waals surface area contributed by atoms with Crippen LogP contribution in [0.15, 0.2) is 22.8 Å². The van der Waals surface area contributed by atoms with Gasteiger partial charge in [-0.25, -0.2) is 0 Å². The molecule has 1 heterocycles. The van der Waals surface area contributed by atoms with Gasteiger partial charge in [0.15, 0.2) is 0 Å². The van der Waals surface area contributed by atoms with Gasteiger partial charge in [0.2, 0.25) is 0 Å². The molecule has 3 N–H and O–H groups in total. The number of rotatable bonds is 3. The molecule has 19 heavy (non-hydrogen) atoms. The number of hydrogen-bond donors (Lipinski definition) is 2. The zero-order valence-corrected chi connectivity index (χ0v) is 13.3. The van der Waals surface area contributed by atoms with Crippen molar-refractivity contribution in [2.45, 2.75) is 45.6 Å². The Balaban J connectivity index is 2.24. The van der Waals surface area contributed by atoms with Crippen molar-refractivity contribution in [2.24, 2.45) is 16.6 Å². The van der Waals surface area contributed by atoms with Crippen molar-refractivity contribution in [3.05, 3.63) is 28.5 Å². The number of aromatic nitrogens is 1. The summed E-state index contributed by atoms with van der Waals surface area (Å²) in [5.41, 5.74) is 6.74. The summed E-state index contributed by atoms with van der Waals surface area (Å²) in [6.45, 7) is 4.78. The standard InChI is InChI=1S/C15H23BrN2O/c1-14(2)6-3-7-15(10-17,13(14)19)8-12-5-4-11(16)9-18-12/h4-5,9,13,19H,3,6-8,10,17H2,1-2H3. The molecule has 0 aliphatic heterocycles. The number of nitrogens with zero attached hydrogens (tertiary/aromatic N) is 1. The van der Waals surface area contributed by atoms with Crippen molar-refractivity contribution < 1.29 is 5.11 Å². The van der Waals surface area contributed by atoms with Crippen molar-refractivity contribution >= 4 is 15.9 Å². The van der Waals surface area contributed by atoms with E-state index >= 15 is 0 Å². The predicted molar refractivity (Wildman–Crippen MR) is 80.8 cm³/mol. The van der Waals surface area contributed by atoms with E-state index in [9.17, 15) is 5.11 Å². The highest BCUT2D eigenvalue weighted by atomic mass is 79.9. The second kappa shape index (κ2) is 5.51. The van der Waals surface area contributed by atoms with E-state index in [0.717, 1.165) is 35.8 Å². The van der Waals surface area contributed by atoms with E-state index in [0.29, 0.717) is 6.54 Å². The first-order valence-corrected chi connectivity index (χ1v) is 7.67. The third-order valence-corrected chi connectivity index (χ3v) is 5.01. The second-order valence-electron chi connectivity index (χ2n) is 6.46. The molecule has 0 bridgehead atoms. The molecule has 0 amide bonds. The lowest BCUT2D eigenvalue weighted by molar-refractivity contribution is -0.0888. The summed E-state index contributed by atoms with van der Waals surface area (Å²) >= 11 is 3.39. The number of aliphatic hydroxyl groups is 1. The average Bonchev–Trinajstić information content (AvgIpc) is 2.38. The van der Waals surface area contributed by atoms with Crippen molar-refractivity contribution in [2.75, 3.05) is 6.54 Å². The first-order chi connectivity index (χ1) is 8.89. The Bertz CT molecular complexity index is 432. The van der Waals surface area contributed by atoms with Gasteiger partial charge in [-0.2, -0.15) is 0 Å². The van der Waals surface area contributed by atoms with Crippen LogP contribution in [0.3, 0.4) is 0 Å². The molecule has 106 valence electrons. The van der Waals surface area contributed by atoms with Gasteiger partial charge in [-0.1, -0.05) is 20.3 Å². The van der Waals surface area contributed by atoms with Crippen LogP contribution in [-0.4, -0.2) is 22.7 Å². The molecule has 1 aromatic heterocycles. The Labute approximate surface area is 123 Å². The fourth-order valence-electron chi connectivity index (χ4n) is 3.34. The van der Waals surface area contributed by atoms with Gasteiger partial charge < -0.3 is 10.8 Å². The van der Waals surface area contributed by atoms with E-state index in [1.165, 1.54) is 0 Å². The summed E-state index contributed by atoms with van der Waals surface area (Å²) in [5, 5.41) is 10.7. The summed E-state index contributed by atoms with van der Waals surface area (Å²) in [5.74, 6) is 0. The maximum atomic E-state index is 10.7. The van der Waals surface area contributed by atoms with Crippen molar-refractivity contribution in [3.8, 4) is 0 Å². The molecule has 0 spiro atoms. The summed E-state index contributed by atoms with van der Waals surface area (Å²) in [6.07, 6.45) is 5.35. The van der Waals surface area contributed by atoms with Gasteiger partial charge in [0, 0.05) is 28.3 Å². The SMILES string of the molecule is CC1(C)CCCC(CN)(Cc2ccc(Br)cn2)C1O. The Morgan fingerprint density at radius 1 is 1.42 bits per heavy atom. The predicted octanol–water partition coefficient (Wildman–Crippen LogP) is 2.90. The van der Waals surface area contributed by atoms with E-state index in [-0.39, 0.29) is 16.9 Å². The molecule has 4 heteroatoms. The quantitative estimate of drug-likeness (QED) is 0.897. The maximum Gasteiger partial charge on any atom is 0.0663 e. The summed E-state index contributed by atoms with van der Waals surface area (Å²) < 4.78 is 0.975. The molecule has 1 aliphatic carbocycles. The Kier molecular flexibility index (Phi) is 4.33. The summed E-state index contributed by atoms with van der Waals surface area (Å²) in [6, 6.07) is 4.00. The third kappa shape index (κ3) is 3.01. The molecular formula is C15H23BrN2O. The molecule has 0 radical (unpaired) electrons. The van der Waals surface area contributed by atoms with Gasteiger partial charge in [0.25, 0.3) is 0 Å². The van der Waals surface area contributed by atoms with Gasteiger partial charge in [-0.05, 0) is 52.7 Å². The monoisotopic (exact) mass is 326 g/mol. The van der Waals surface area contributed by atoms with Gasteiger partial charge in [-0.15, -0.1) is 0 Å². The first-order valence-electron chi connectivity index (χ1n) is 6.88. The zero-order chi connectivity index (χ0) is 14.1. The van der Waals surface area contributed by atoms with E-state index < -0.39 is 0 Å². The first kappa shape index (κ1) is 14.9. The molecule has 1 aliphatic rings. The highest BCUT2D eigenvalue weighted by Crippen LogP contribution is 2.47. The van der Waals surface area contributed by atoms with Crippen LogP contribution in [0.5, 0.6) is 0 Å². The molecular weight excluding hydrogens is 304 g/mol. The molecule has 1 saturated carbocycles. The van der Waals surface area contributed by atoms with Crippen molar-refractivity contribution in [3.63, 3.8) is 0 Å². The van der Waals surface area contributed by atoms with E-state index in [2.05, 4.69) is 34.8 Å². The normalized spacial score (nSPS) is 30.3. The van der Waals surface area contributed by atoms with Crippen LogP contribution >= 0.6 is 15.9 Å². The Hall–Kier alpha value is -0.450. The third-order valence-electron chi connectivity index (χ3n) is 4.54. The minimum absolute atomic E-state index is 0.0625. The van der Waals surface area contributed by atoms with Gasteiger partial charge >= 0.3 is 0 Å². The number of hydrogen-bond acceptors (Lipinski definition) is 3. The second-order valence-corrected chi connectivity index (χ2v) is 7.37. The highest BCUT2D eigenvalue weighted by Gasteiger charge is 2.47. The van der Waals surface area contributed by atoms with Crippen LogP contribution in [0.4, 0.5) is 0 Å². The van der Waals surface area contributed by atoms with Crippen LogP contribution in [0.25, 0.3) is 0 Å². The number of nitrogens with two attached hydrogens (primary N) is 1. The minimum atomic E-state index is -0.371. The van der Waals surface area contributed by atoms with Crippen LogP contribution in [0.1, 0.15) is 38.8 Å². The van der Waals surface area contributed by atoms with Crippen LogP contribution in [0, 0.1) is 10.8 Å². The van der Waals surface area contributed by atoms with E-state index in [4.69, 9.17) is 5.73 Å². The summed E-state index contributed by atoms with van der Waals surface area (Å²) in [7, 11) is 0. The fourth-order valence-corrected chi connectivity index (χ4v) is 3.58. The molecule has 2 unspecified atom stereocenters. The van der Waals surface area contributed by atoms with Gasteiger partial charge in [-0.3, -0.25) is 4.98 Å². The summed E-state index contributed by atoms with van der Waals surface area (Å²) in [4.78, 5) is 4.43. The van der Waals surface area contributed by atoms with Gasteiger partial charge in [0.05, 0.1) is 6.10 Å². The number of halogens is 1. The molecule has 3 nitrogen and oxygen atoms in total. The maximum absolute atomic E-state index is 10.7. The van der Waals surface area contributed by atoms with E-state index in [1.807, 2.05) is 12.1 Å². The molecule has 1 fully saturated rings. The van der Waals surface area contributed by atoms with E-state index in [1.54, 1.807) is 6.20 Å². The topological polar surface area (TPSA) is 59.1 Å². The molecule has 0 saturated heterocycles. The number of pyridine rings is 1. The van der Waals surface area contributed by atoms with Crippen LogP contribution in [0.2, 0.25) is 0 Å². The highest BCUT2D eigenvalue weighted by molar-refractivity contribution is 9.10. The van der Waals surface area contributed by atoms with Crippen LogP contribution < -0.4 is 5.73 Å². The Morgan fingerprint density at radius 3 is 2.74 bits per heavy atom.